The van der Waals surface area contributed by atoms with Gasteiger partial charge in [-0.25, -0.2) is 5.01 Å². The van der Waals surface area contributed by atoms with Gasteiger partial charge in [-0.3, -0.25) is 4.79 Å². The van der Waals surface area contributed by atoms with Crippen LogP contribution in [0.1, 0.15) is 49.7 Å². The first-order valence-corrected chi connectivity index (χ1v) is 12.6. The lowest BCUT2D eigenvalue weighted by Gasteiger charge is -2.24. The fraction of sp³-hybridized carbons (Fsp3) is 0.375. The Morgan fingerprint density at radius 3 is 2.67 bits per heavy atom. The zero-order valence-electron chi connectivity index (χ0n) is 18.6. The first kappa shape index (κ1) is 23.0. The SMILES string of the molecule is COc1ccccc1C=NN(CCC(=O)NC1CCCCC1)C1=NS(=O)(=O)c2ccccc21. The van der Waals surface area contributed by atoms with Gasteiger partial charge in [0.1, 0.15) is 10.6 Å². The van der Waals surface area contributed by atoms with Gasteiger partial charge in [0.15, 0.2) is 5.84 Å². The number of methoxy groups -OCH3 is 1. The summed E-state index contributed by atoms with van der Waals surface area (Å²) in [4.78, 5) is 12.8. The number of nitrogens with one attached hydrogen (secondary N) is 1. The summed E-state index contributed by atoms with van der Waals surface area (Å²) in [7, 11) is -2.24. The van der Waals surface area contributed by atoms with Crippen LogP contribution in [0.4, 0.5) is 0 Å². The van der Waals surface area contributed by atoms with Gasteiger partial charge in [0.25, 0.3) is 10.0 Å². The highest BCUT2D eigenvalue weighted by molar-refractivity contribution is 7.90. The molecular weight excluding hydrogens is 440 g/mol. The molecule has 4 rings (SSSR count). The molecule has 0 saturated heterocycles. The average Bonchev–Trinajstić information content (AvgIpc) is 3.11. The topological polar surface area (TPSA) is 100 Å². The summed E-state index contributed by atoms with van der Waals surface area (Å²) in [6, 6.07) is 14.2. The Bertz CT molecular complexity index is 1170. The second kappa shape index (κ2) is 10.2. The molecule has 2 aliphatic rings. The minimum atomic E-state index is -3.81. The van der Waals surface area contributed by atoms with E-state index >= 15 is 0 Å². The Labute approximate surface area is 194 Å². The monoisotopic (exact) mass is 468 g/mol. The van der Waals surface area contributed by atoms with Gasteiger partial charge in [-0.15, -0.1) is 4.40 Å². The van der Waals surface area contributed by atoms with E-state index in [9.17, 15) is 13.2 Å². The Morgan fingerprint density at radius 2 is 1.88 bits per heavy atom. The number of para-hydroxylation sites is 1. The zero-order valence-corrected chi connectivity index (χ0v) is 19.4. The van der Waals surface area contributed by atoms with Crippen molar-refractivity contribution in [1.82, 2.24) is 10.3 Å². The number of carbonyl (C=O) groups excluding carboxylic acids is 1. The van der Waals surface area contributed by atoms with Gasteiger partial charge in [0.2, 0.25) is 5.91 Å². The molecule has 1 aliphatic heterocycles. The van der Waals surface area contributed by atoms with Crippen molar-refractivity contribution in [1.29, 1.82) is 0 Å². The molecule has 1 aliphatic carbocycles. The Morgan fingerprint density at radius 1 is 1.15 bits per heavy atom. The highest BCUT2D eigenvalue weighted by atomic mass is 32.2. The van der Waals surface area contributed by atoms with Gasteiger partial charge in [-0.05, 0) is 37.1 Å². The molecule has 0 radical (unpaired) electrons. The maximum Gasteiger partial charge on any atom is 0.285 e. The first-order chi connectivity index (χ1) is 16.0. The van der Waals surface area contributed by atoms with Gasteiger partial charge < -0.3 is 10.1 Å². The van der Waals surface area contributed by atoms with E-state index in [0.29, 0.717) is 11.3 Å². The first-order valence-electron chi connectivity index (χ1n) is 11.2. The van der Waals surface area contributed by atoms with E-state index in [2.05, 4.69) is 14.8 Å². The van der Waals surface area contributed by atoms with Gasteiger partial charge in [-0.2, -0.15) is 13.5 Å². The molecule has 0 aromatic heterocycles. The lowest BCUT2D eigenvalue weighted by molar-refractivity contribution is -0.122. The molecule has 2 aromatic carbocycles. The van der Waals surface area contributed by atoms with E-state index < -0.39 is 10.0 Å². The van der Waals surface area contributed by atoms with Crippen molar-refractivity contribution in [2.75, 3.05) is 13.7 Å². The molecule has 1 heterocycles. The summed E-state index contributed by atoms with van der Waals surface area (Å²) in [5.41, 5.74) is 1.20. The zero-order chi connectivity index (χ0) is 23.3. The number of hydrazone groups is 1. The van der Waals surface area contributed by atoms with E-state index in [-0.39, 0.29) is 35.6 Å². The molecule has 1 fully saturated rings. The van der Waals surface area contributed by atoms with Gasteiger partial charge in [0.05, 0.1) is 19.9 Å². The number of sulfonamides is 1. The highest BCUT2D eigenvalue weighted by Gasteiger charge is 2.32. The van der Waals surface area contributed by atoms with Crippen LogP contribution in [0.15, 0.2) is 62.9 Å². The maximum atomic E-state index is 12.6. The summed E-state index contributed by atoms with van der Waals surface area (Å²) in [6.45, 7) is 0.187. The highest BCUT2D eigenvalue weighted by Crippen LogP contribution is 2.28. The van der Waals surface area contributed by atoms with Crippen LogP contribution in [0.25, 0.3) is 0 Å². The van der Waals surface area contributed by atoms with Crippen molar-refractivity contribution in [2.24, 2.45) is 9.50 Å². The summed E-state index contributed by atoms with van der Waals surface area (Å²) in [5, 5.41) is 9.10. The largest absolute Gasteiger partial charge is 0.496 e. The van der Waals surface area contributed by atoms with E-state index in [1.807, 2.05) is 24.3 Å². The van der Waals surface area contributed by atoms with E-state index in [1.165, 1.54) is 17.5 Å². The standard InChI is InChI=1S/C24H28N4O4S/c1-32-21-13-7-5-9-18(21)17-25-28(16-15-23(29)26-19-10-3-2-4-11-19)24-20-12-6-8-14-22(20)33(30,31)27-24/h5-9,12-14,17,19H,2-4,10-11,15-16H2,1H3,(H,26,29). The van der Waals surface area contributed by atoms with E-state index in [0.717, 1.165) is 31.2 Å². The molecule has 0 unspecified atom stereocenters. The maximum absolute atomic E-state index is 12.6. The van der Waals surface area contributed by atoms with Crippen LogP contribution >= 0.6 is 0 Å². The third-order valence-corrected chi connectivity index (χ3v) is 7.18. The van der Waals surface area contributed by atoms with Crippen LogP contribution in [-0.2, 0) is 14.8 Å². The molecule has 9 heteroatoms. The molecule has 8 nitrogen and oxygen atoms in total. The lowest BCUT2D eigenvalue weighted by Crippen LogP contribution is -2.38. The van der Waals surface area contributed by atoms with Crippen LogP contribution in [0.2, 0.25) is 0 Å². The van der Waals surface area contributed by atoms with Crippen LogP contribution in [0.3, 0.4) is 0 Å². The van der Waals surface area contributed by atoms with Crippen molar-refractivity contribution < 1.29 is 17.9 Å². The fourth-order valence-electron chi connectivity index (χ4n) is 4.15. The van der Waals surface area contributed by atoms with Crippen LogP contribution in [0.5, 0.6) is 5.75 Å². The quantitative estimate of drug-likeness (QED) is 0.496. The van der Waals surface area contributed by atoms with Crippen molar-refractivity contribution in [3.63, 3.8) is 0 Å². The van der Waals surface area contributed by atoms with Crippen molar-refractivity contribution in [2.45, 2.75) is 49.5 Å². The lowest BCUT2D eigenvalue weighted by atomic mass is 9.95. The van der Waals surface area contributed by atoms with Crippen molar-refractivity contribution in [3.05, 3.63) is 59.7 Å². The summed E-state index contributed by atoms with van der Waals surface area (Å²) >= 11 is 0. The molecule has 2 aromatic rings. The second-order valence-corrected chi connectivity index (χ2v) is 9.72. The number of hydrogen-bond donors (Lipinski definition) is 1. The van der Waals surface area contributed by atoms with Gasteiger partial charge in [0, 0.05) is 23.6 Å². The van der Waals surface area contributed by atoms with E-state index in [4.69, 9.17) is 4.74 Å². The summed E-state index contributed by atoms with van der Waals surface area (Å²) in [6.07, 6.45) is 7.23. The number of fused-ring (bicyclic) bond motifs is 1. The number of hydrogen-bond acceptors (Lipinski definition) is 6. The molecular formula is C24H28N4O4S. The average molecular weight is 469 g/mol. The van der Waals surface area contributed by atoms with E-state index in [1.54, 1.807) is 31.5 Å². The number of amides is 1. The molecule has 1 amide bonds. The van der Waals surface area contributed by atoms with Gasteiger partial charge in [-0.1, -0.05) is 43.5 Å². The van der Waals surface area contributed by atoms with Crippen molar-refractivity contribution >= 4 is 28.0 Å². The number of ether oxygens (including phenoxy) is 1. The normalized spacial score (nSPS) is 17.4. The van der Waals surface area contributed by atoms with Crippen LogP contribution < -0.4 is 10.1 Å². The molecule has 0 atom stereocenters. The number of benzene rings is 2. The molecule has 174 valence electrons. The van der Waals surface area contributed by atoms with Crippen LogP contribution in [-0.4, -0.2) is 51.1 Å². The Hall–Kier alpha value is -3.20. The smallest absolute Gasteiger partial charge is 0.285 e. The van der Waals surface area contributed by atoms with Gasteiger partial charge >= 0.3 is 0 Å². The third kappa shape index (κ3) is 5.42. The summed E-state index contributed by atoms with van der Waals surface area (Å²) in [5.74, 6) is 0.772. The molecule has 0 spiro atoms. The number of amidine groups is 1. The Kier molecular flexibility index (Phi) is 7.08. The minimum Gasteiger partial charge on any atom is -0.496 e. The summed E-state index contributed by atoms with van der Waals surface area (Å²) < 4.78 is 34.5. The third-order valence-electron chi connectivity index (χ3n) is 5.85. The predicted molar refractivity (Wildman–Crippen MR) is 127 cm³/mol. The number of nitrogens with zero attached hydrogens (tertiary/aromatic N) is 3. The second-order valence-electron chi connectivity index (χ2n) is 8.15. The molecule has 0 bridgehead atoms. The molecule has 1 N–H and O–H groups in total. The molecule has 33 heavy (non-hydrogen) atoms. The number of rotatable bonds is 7. The fourth-order valence-corrected chi connectivity index (χ4v) is 5.36. The molecule has 1 saturated carbocycles. The minimum absolute atomic E-state index is 0.0749. The van der Waals surface area contributed by atoms with Crippen molar-refractivity contribution in [3.8, 4) is 5.75 Å². The predicted octanol–water partition coefficient (Wildman–Crippen LogP) is 3.32. The Balaban J connectivity index is 1.57. The number of carbonyl (C=O) groups is 1. The van der Waals surface area contributed by atoms with Crippen LogP contribution in [0, 0.1) is 0 Å².